The Labute approximate surface area is 168 Å². The molecule has 0 bridgehead atoms. The van der Waals surface area contributed by atoms with E-state index < -0.39 is 10.0 Å². The van der Waals surface area contributed by atoms with E-state index in [4.69, 9.17) is 9.15 Å². The fraction of sp³-hybridized carbons (Fsp3) is 0.150. The molecule has 9 heteroatoms. The van der Waals surface area contributed by atoms with E-state index in [1.165, 1.54) is 31.4 Å². The molecule has 0 atom stereocenters. The number of hydrogen-bond donors (Lipinski definition) is 2. The number of carbonyl (C=O) groups excluding carboxylic acids is 1. The van der Waals surface area contributed by atoms with Crippen LogP contribution in [-0.4, -0.2) is 21.4 Å². The molecule has 0 unspecified atom stereocenters. The van der Waals surface area contributed by atoms with E-state index in [1.54, 1.807) is 24.5 Å². The van der Waals surface area contributed by atoms with Crippen LogP contribution in [0.1, 0.15) is 21.7 Å². The summed E-state index contributed by atoms with van der Waals surface area (Å²) in [6.45, 7) is 0.722. The first-order valence-corrected chi connectivity index (χ1v) is 10.1. The SMILES string of the molecule is CONS(=O)(=O)c1ccc(C(=O)Nc2cccc(COCc3ccco3)c2)cc1. The van der Waals surface area contributed by atoms with E-state index in [1.807, 2.05) is 23.1 Å². The van der Waals surface area contributed by atoms with Gasteiger partial charge < -0.3 is 14.5 Å². The molecule has 152 valence electrons. The van der Waals surface area contributed by atoms with Crippen LogP contribution in [0.15, 0.2) is 76.2 Å². The summed E-state index contributed by atoms with van der Waals surface area (Å²) in [6, 6.07) is 16.4. The van der Waals surface area contributed by atoms with E-state index in [0.29, 0.717) is 24.5 Å². The summed E-state index contributed by atoms with van der Waals surface area (Å²) in [6.07, 6.45) is 1.59. The average Bonchev–Trinajstić information content (AvgIpc) is 3.22. The van der Waals surface area contributed by atoms with Crippen LogP contribution in [0.4, 0.5) is 5.69 Å². The van der Waals surface area contributed by atoms with Crippen LogP contribution >= 0.6 is 0 Å². The van der Waals surface area contributed by atoms with Crippen molar-refractivity contribution in [3.8, 4) is 0 Å². The first-order chi connectivity index (χ1) is 14.0. The molecular formula is C20H20N2O6S. The Bertz CT molecular complexity index is 1050. The lowest BCUT2D eigenvalue weighted by Gasteiger charge is -2.09. The Morgan fingerprint density at radius 1 is 1.03 bits per heavy atom. The molecule has 0 aliphatic heterocycles. The Morgan fingerprint density at radius 2 is 1.83 bits per heavy atom. The zero-order chi connectivity index (χ0) is 20.7. The molecule has 3 rings (SSSR count). The summed E-state index contributed by atoms with van der Waals surface area (Å²) in [7, 11) is -2.56. The molecular weight excluding hydrogens is 396 g/mol. The second kappa shape index (κ2) is 9.48. The molecule has 2 N–H and O–H groups in total. The largest absolute Gasteiger partial charge is 0.467 e. The third-order valence-corrected chi connectivity index (χ3v) is 5.18. The van der Waals surface area contributed by atoms with Crippen molar-refractivity contribution in [2.24, 2.45) is 0 Å². The van der Waals surface area contributed by atoms with Gasteiger partial charge in [0.15, 0.2) is 0 Å². The Balaban J connectivity index is 1.60. The molecule has 8 nitrogen and oxygen atoms in total. The minimum Gasteiger partial charge on any atom is -0.467 e. The zero-order valence-corrected chi connectivity index (χ0v) is 16.4. The van der Waals surface area contributed by atoms with Crippen molar-refractivity contribution in [1.29, 1.82) is 0 Å². The normalized spacial score (nSPS) is 11.3. The van der Waals surface area contributed by atoms with Crippen LogP contribution in [0.3, 0.4) is 0 Å². The third kappa shape index (κ3) is 5.75. The number of rotatable bonds is 9. The maximum Gasteiger partial charge on any atom is 0.262 e. The highest BCUT2D eigenvalue weighted by Gasteiger charge is 2.14. The summed E-state index contributed by atoms with van der Waals surface area (Å²) < 4.78 is 34.5. The fourth-order valence-corrected chi connectivity index (χ4v) is 3.36. The molecule has 1 aromatic heterocycles. The minimum atomic E-state index is -3.77. The molecule has 3 aromatic rings. The van der Waals surface area contributed by atoms with Crippen molar-refractivity contribution < 1.29 is 27.2 Å². The van der Waals surface area contributed by atoms with E-state index in [2.05, 4.69) is 10.2 Å². The van der Waals surface area contributed by atoms with Crippen molar-refractivity contribution in [2.75, 3.05) is 12.4 Å². The van der Waals surface area contributed by atoms with E-state index in [-0.39, 0.29) is 10.8 Å². The van der Waals surface area contributed by atoms with Gasteiger partial charge in [0.1, 0.15) is 12.4 Å². The van der Waals surface area contributed by atoms with Gasteiger partial charge in [-0.3, -0.25) is 9.63 Å². The third-order valence-electron chi connectivity index (χ3n) is 3.90. The first-order valence-electron chi connectivity index (χ1n) is 8.63. The maximum absolute atomic E-state index is 12.4. The number of benzene rings is 2. The quantitative estimate of drug-likeness (QED) is 0.519. The van der Waals surface area contributed by atoms with Crippen LogP contribution in [0.5, 0.6) is 0 Å². The lowest BCUT2D eigenvalue weighted by Crippen LogP contribution is -2.22. The molecule has 0 fully saturated rings. The molecule has 0 radical (unpaired) electrons. The van der Waals surface area contributed by atoms with Gasteiger partial charge in [0.2, 0.25) is 0 Å². The van der Waals surface area contributed by atoms with Crippen molar-refractivity contribution in [2.45, 2.75) is 18.1 Å². The van der Waals surface area contributed by atoms with E-state index in [9.17, 15) is 13.2 Å². The summed E-state index contributed by atoms with van der Waals surface area (Å²) in [5.41, 5.74) is 1.81. The highest BCUT2D eigenvalue weighted by Crippen LogP contribution is 2.16. The predicted octanol–water partition coefficient (Wildman–Crippen LogP) is 3.09. The zero-order valence-electron chi connectivity index (χ0n) is 15.6. The topological polar surface area (TPSA) is 107 Å². The molecule has 29 heavy (non-hydrogen) atoms. The standard InChI is InChI=1S/C20H20N2O6S/c1-26-22-29(24,25)19-9-7-16(8-10-19)20(23)21-17-5-2-4-15(12-17)13-27-14-18-6-3-11-28-18/h2-12,22H,13-14H2,1H3,(H,21,23). The number of carbonyl (C=O) groups is 1. The van der Waals surface area contributed by atoms with Crippen molar-refractivity contribution >= 4 is 21.6 Å². The van der Waals surface area contributed by atoms with Gasteiger partial charge in [0, 0.05) is 11.3 Å². The van der Waals surface area contributed by atoms with Crippen LogP contribution in [-0.2, 0) is 32.8 Å². The predicted molar refractivity (Wildman–Crippen MR) is 105 cm³/mol. The summed E-state index contributed by atoms with van der Waals surface area (Å²) in [5, 5.41) is 2.78. The molecule has 0 saturated heterocycles. The van der Waals surface area contributed by atoms with E-state index in [0.717, 1.165) is 11.3 Å². The number of sulfonamides is 1. The van der Waals surface area contributed by atoms with E-state index >= 15 is 0 Å². The second-order valence-electron chi connectivity index (χ2n) is 6.04. The van der Waals surface area contributed by atoms with Crippen LogP contribution in [0, 0.1) is 0 Å². The highest BCUT2D eigenvalue weighted by atomic mass is 32.2. The molecule has 1 amide bonds. The molecule has 2 aromatic carbocycles. The smallest absolute Gasteiger partial charge is 0.262 e. The average molecular weight is 416 g/mol. The minimum absolute atomic E-state index is 0.00777. The van der Waals surface area contributed by atoms with Crippen molar-refractivity contribution in [3.05, 3.63) is 83.8 Å². The van der Waals surface area contributed by atoms with Crippen LogP contribution in [0.25, 0.3) is 0 Å². The van der Waals surface area contributed by atoms with Crippen LogP contribution in [0.2, 0.25) is 0 Å². The molecule has 0 spiro atoms. The lowest BCUT2D eigenvalue weighted by molar-refractivity contribution is 0.0929. The van der Waals surface area contributed by atoms with Gasteiger partial charge in [0.05, 0.1) is 24.9 Å². The first kappa shape index (κ1) is 20.7. The Hall–Kier alpha value is -2.98. The van der Waals surface area contributed by atoms with Gasteiger partial charge in [-0.25, -0.2) is 8.42 Å². The number of hydrogen-bond acceptors (Lipinski definition) is 6. The summed E-state index contributed by atoms with van der Waals surface area (Å²) >= 11 is 0. The number of nitrogens with one attached hydrogen (secondary N) is 2. The monoisotopic (exact) mass is 416 g/mol. The lowest BCUT2D eigenvalue weighted by atomic mass is 10.2. The van der Waals surface area contributed by atoms with Crippen molar-refractivity contribution in [3.63, 3.8) is 0 Å². The Morgan fingerprint density at radius 3 is 2.52 bits per heavy atom. The van der Waals surface area contributed by atoms with Crippen LogP contribution < -0.4 is 10.2 Å². The van der Waals surface area contributed by atoms with Gasteiger partial charge in [-0.15, -0.1) is 0 Å². The highest BCUT2D eigenvalue weighted by molar-refractivity contribution is 7.89. The molecule has 0 aliphatic rings. The molecule has 0 aliphatic carbocycles. The Kier molecular flexibility index (Phi) is 6.78. The summed E-state index contributed by atoms with van der Waals surface area (Å²) in [4.78, 5) is 18.8. The van der Waals surface area contributed by atoms with Crippen molar-refractivity contribution in [1.82, 2.24) is 4.89 Å². The number of furan rings is 1. The number of amides is 1. The van der Waals surface area contributed by atoms with Gasteiger partial charge in [-0.1, -0.05) is 17.0 Å². The van der Waals surface area contributed by atoms with Gasteiger partial charge >= 0.3 is 0 Å². The second-order valence-corrected chi connectivity index (χ2v) is 7.69. The van der Waals surface area contributed by atoms with Gasteiger partial charge in [0.25, 0.3) is 15.9 Å². The van der Waals surface area contributed by atoms with Gasteiger partial charge in [-0.05, 0) is 54.1 Å². The number of anilines is 1. The fourth-order valence-electron chi connectivity index (χ4n) is 2.55. The summed E-state index contributed by atoms with van der Waals surface area (Å²) in [5.74, 6) is 0.378. The maximum atomic E-state index is 12.4. The van der Waals surface area contributed by atoms with Gasteiger partial charge in [-0.2, -0.15) is 0 Å². The molecule has 1 heterocycles. The number of ether oxygens (including phenoxy) is 1. The molecule has 0 saturated carbocycles.